The normalized spacial score (nSPS) is 14.8. The average molecular weight is 380 g/mol. The summed E-state index contributed by atoms with van der Waals surface area (Å²) in [5, 5.41) is 8.02. The third-order valence-corrected chi connectivity index (χ3v) is 4.98. The molecule has 0 saturated carbocycles. The van der Waals surface area contributed by atoms with E-state index in [1.54, 1.807) is 33.8 Å². The molecule has 0 spiro atoms. The number of fused-ring (bicyclic) bond motifs is 1. The van der Waals surface area contributed by atoms with E-state index in [9.17, 15) is 14.0 Å². The lowest BCUT2D eigenvalue weighted by atomic mass is 10.1. The van der Waals surface area contributed by atoms with Gasteiger partial charge in [-0.15, -0.1) is 0 Å². The van der Waals surface area contributed by atoms with Crippen LogP contribution in [0.2, 0.25) is 0 Å². The zero-order valence-corrected chi connectivity index (χ0v) is 15.4. The minimum Gasteiger partial charge on any atom is -0.337 e. The maximum atomic E-state index is 14.4. The van der Waals surface area contributed by atoms with Crippen LogP contribution >= 0.6 is 0 Å². The number of halogens is 1. The molecular formula is C21H21FN4O2. The van der Waals surface area contributed by atoms with Crippen molar-refractivity contribution in [3.8, 4) is 0 Å². The van der Waals surface area contributed by atoms with Crippen molar-refractivity contribution < 1.29 is 9.18 Å². The molecule has 1 aromatic heterocycles. The number of para-hydroxylation sites is 1. The van der Waals surface area contributed by atoms with Gasteiger partial charge in [0.2, 0.25) is 5.43 Å². The van der Waals surface area contributed by atoms with Crippen LogP contribution < -0.4 is 10.7 Å². The Hall–Kier alpha value is -3.06. The van der Waals surface area contributed by atoms with E-state index in [2.05, 4.69) is 10.4 Å². The second-order valence-corrected chi connectivity index (χ2v) is 6.89. The van der Waals surface area contributed by atoms with Gasteiger partial charge in [-0.05, 0) is 42.8 Å². The first-order valence-electron chi connectivity index (χ1n) is 9.37. The first kappa shape index (κ1) is 18.3. The van der Waals surface area contributed by atoms with Crippen LogP contribution in [0.1, 0.15) is 22.3 Å². The Labute approximate surface area is 161 Å². The quantitative estimate of drug-likeness (QED) is 0.755. The van der Waals surface area contributed by atoms with Gasteiger partial charge in [0.05, 0.1) is 23.8 Å². The Balaban J connectivity index is 1.65. The van der Waals surface area contributed by atoms with Gasteiger partial charge in [0.15, 0.2) is 0 Å². The molecule has 7 heteroatoms. The summed E-state index contributed by atoms with van der Waals surface area (Å²) in [5.41, 5.74) is 1.38. The van der Waals surface area contributed by atoms with Crippen LogP contribution in [-0.4, -0.2) is 46.8 Å². The second-order valence-electron chi connectivity index (χ2n) is 6.89. The van der Waals surface area contributed by atoms with E-state index < -0.39 is 5.82 Å². The SMILES string of the molecule is O=C(c1cc(Cn2ncc(=O)c3ccccc32)ccc1F)N1CCCNCC1. The molecule has 1 N–H and O–H groups in total. The monoisotopic (exact) mass is 380 g/mol. The molecule has 0 bridgehead atoms. The molecule has 0 aliphatic carbocycles. The van der Waals surface area contributed by atoms with Crippen LogP contribution in [0.25, 0.3) is 10.9 Å². The highest BCUT2D eigenvalue weighted by Crippen LogP contribution is 2.16. The van der Waals surface area contributed by atoms with Gasteiger partial charge in [-0.3, -0.25) is 14.3 Å². The predicted octanol–water partition coefficient (Wildman–Crippen LogP) is 2.02. The molecule has 4 rings (SSSR count). The van der Waals surface area contributed by atoms with E-state index in [0.717, 1.165) is 18.5 Å². The van der Waals surface area contributed by atoms with Gasteiger partial charge >= 0.3 is 0 Å². The first-order chi connectivity index (χ1) is 13.6. The van der Waals surface area contributed by atoms with Crippen molar-refractivity contribution in [2.45, 2.75) is 13.0 Å². The highest BCUT2D eigenvalue weighted by atomic mass is 19.1. The van der Waals surface area contributed by atoms with Crippen molar-refractivity contribution in [3.05, 3.63) is 75.8 Å². The molecule has 0 radical (unpaired) electrons. The van der Waals surface area contributed by atoms with Crippen molar-refractivity contribution in [3.63, 3.8) is 0 Å². The molecule has 1 amide bonds. The van der Waals surface area contributed by atoms with E-state index in [1.807, 2.05) is 12.1 Å². The molecule has 6 nitrogen and oxygen atoms in total. The number of benzene rings is 2. The van der Waals surface area contributed by atoms with Gasteiger partial charge in [-0.25, -0.2) is 4.39 Å². The standard InChI is InChI=1S/C21H21FN4O2/c22-18-7-6-15(12-17(18)21(28)25-10-3-8-23-9-11-25)14-26-19-5-2-1-4-16(19)20(27)13-24-26/h1-2,4-7,12-13,23H,3,8-11,14H2. The number of rotatable bonds is 3. The molecule has 1 saturated heterocycles. The van der Waals surface area contributed by atoms with E-state index in [0.29, 0.717) is 37.1 Å². The topological polar surface area (TPSA) is 67.2 Å². The summed E-state index contributed by atoms with van der Waals surface area (Å²) < 4.78 is 16.1. The average Bonchev–Trinajstić information content (AvgIpc) is 3.01. The highest BCUT2D eigenvalue weighted by molar-refractivity contribution is 5.94. The summed E-state index contributed by atoms with van der Waals surface area (Å²) in [6.07, 6.45) is 2.13. The molecule has 0 unspecified atom stereocenters. The maximum absolute atomic E-state index is 14.4. The lowest BCUT2D eigenvalue weighted by Crippen LogP contribution is -2.34. The summed E-state index contributed by atoms with van der Waals surface area (Å²) in [6.45, 7) is 3.08. The van der Waals surface area contributed by atoms with Crippen LogP contribution in [-0.2, 0) is 6.54 Å². The van der Waals surface area contributed by atoms with Gasteiger partial charge in [-0.2, -0.15) is 5.10 Å². The van der Waals surface area contributed by atoms with E-state index in [-0.39, 0.29) is 16.9 Å². The lowest BCUT2D eigenvalue weighted by molar-refractivity contribution is 0.0761. The number of nitrogens with zero attached hydrogens (tertiary/aromatic N) is 3. The summed E-state index contributed by atoms with van der Waals surface area (Å²) in [7, 11) is 0. The predicted molar refractivity (Wildman–Crippen MR) is 105 cm³/mol. The number of carbonyl (C=O) groups excluding carboxylic acids is 1. The van der Waals surface area contributed by atoms with Crippen molar-refractivity contribution in [2.24, 2.45) is 0 Å². The Kier molecular flexibility index (Phi) is 5.16. The Morgan fingerprint density at radius 2 is 2.00 bits per heavy atom. The Morgan fingerprint density at radius 1 is 1.14 bits per heavy atom. The molecule has 2 aromatic carbocycles. The number of hydrogen-bond acceptors (Lipinski definition) is 4. The number of aromatic nitrogens is 2. The van der Waals surface area contributed by atoms with Crippen molar-refractivity contribution in [1.29, 1.82) is 0 Å². The third kappa shape index (κ3) is 3.66. The fraction of sp³-hybridized carbons (Fsp3) is 0.286. The van der Waals surface area contributed by atoms with E-state index in [4.69, 9.17) is 0 Å². The number of carbonyl (C=O) groups is 1. The summed E-state index contributed by atoms with van der Waals surface area (Å²) in [5.74, 6) is -0.815. The fourth-order valence-electron chi connectivity index (χ4n) is 3.51. The molecular weight excluding hydrogens is 359 g/mol. The van der Waals surface area contributed by atoms with Gasteiger partial charge in [0.1, 0.15) is 5.82 Å². The molecule has 144 valence electrons. The molecule has 0 atom stereocenters. The zero-order chi connectivity index (χ0) is 19.5. The number of hydrogen-bond donors (Lipinski definition) is 1. The molecule has 2 heterocycles. The molecule has 1 aliphatic heterocycles. The van der Waals surface area contributed by atoms with E-state index >= 15 is 0 Å². The third-order valence-electron chi connectivity index (χ3n) is 4.98. The summed E-state index contributed by atoms with van der Waals surface area (Å²) >= 11 is 0. The van der Waals surface area contributed by atoms with Gasteiger partial charge in [0.25, 0.3) is 5.91 Å². The lowest BCUT2D eigenvalue weighted by Gasteiger charge is -2.20. The number of amides is 1. The minimum absolute atomic E-state index is 0.0738. The van der Waals surface area contributed by atoms with Crippen LogP contribution in [0.5, 0.6) is 0 Å². The minimum atomic E-state index is -0.524. The maximum Gasteiger partial charge on any atom is 0.256 e. The molecule has 28 heavy (non-hydrogen) atoms. The number of nitrogens with one attached hydrogen (secondary N) is 1. The molecule has 1 aliphatic rings. The van der Waals surface area contributed by atoms with Gasteiger partial charge < -0.3 is 10.2 Å². The summed E-state index contributed by atoms with van der Waals surface area (Å²) in [6, 6.07) is 11.8. The van der Waals surface area contributed by atoms with Crippen LogP contribution in [0.15, 0.2) is 53.5 Å². The van der Waals surface area contributed by atoms with Gasteiger partial charge in [-0.1, -0.05) is 18.2 Å². The van der Waals surface area contributed by atoms with Crippen LogP contribution in [0.4, 0.5) is 4.39 Å². The van der Waals surface area contributed by atoms with Crippen LogP contribution in [0.3, 0.4) is 0 Å². The highest BCUT2D eigenvalue weighted by Gasteiger charge is 2.20. The Bertz CT molecular complexity index is 1070. The van der Waals surface area contributed by atoms with Crippen molar-refractivity contribution in [2.75, 3.05) is 26.2 Å². The largest absolute Gasteiger partial charge is 0.337 e. The zero-order valence-electron chi connectivity index (χ0n) is 15.4. The molecule has 1 fully saturated rings. The first-order valence-corrected chi connectivity index (χ1v) is 9.37. The summed E-state index contributed by atoms with van der Waals surface area (Å²) in [4.78, 5) is 26.5. The Morgan fingerprint density at radius 3 is 2.89 bits per heavy atom. The fourth-order valence-corrected chi connectivity index (χ4v) is 3.51. The van der Waals surface area contributed by atoms with Crippen molar-refractivity contribution >= 4 is 16.8 Å². The molecule has 3 aromatic rings. The van der Waals surface area contributed by atoms with Gasteiger partial charge in [0, 0.05) is 25.0 Å². The second kappa shape index (κ2) is 7.90. The smallest absolute Gasteiger partial charge is 0.256 e. The van der Waals surface area contributed by atoms with Crippen molar-refractivity contribution in [1.82, 2.24) is 20.0 Å². The van der Waals surface area contributed by atoms with E-state index in [1.165, 1.54) is 12.3 Å². The van der Waals surface area contributed by atoms with Crippen LogP contribution in [0, 0.1) is 5.82 Å².